The maximum atomic E-state index is 10.2. The normalized spacial score (nSPS) is 20.1. The molecule has 3 heteroatoms. The monoisotopic (exact) mass is 272 g/mol. The van der Waals surface area contributed by atoms with E-state index in [1.165, 1.54) is 0 Å². The van der Waals surface area contributed by atoms with Crippen LogP contribution < -0.4 is 0 Å². The van der Waals surface area contributed by atoms with Crippen LogP contribution in [0.1, 0.15) is 41.5 Å². The van der Waals surface area contributed by atoms with Crippen molar-refractivity contribution in [3.05, 3.63) is 12.7 Å². The molecule has 0 radical (unpaired) electrons. The fraction of sp³-hybridized carbons (Fsp3) is 0.867. The van der Waals surface area contributed by atoms with Gasteiger partial charge in [0, 0.05) is 17.9 Å². The molecule has 0 aromatic heterocycles. The fourth-order valence-electron chi connectivity index (χ4n) is 1.64. The Morgan fingerprint density at radius 1 is 1.17 bits per heavy atom. The van der Waals surface area contributed by atoms with Crippen molar-refractivity contribution in [1.29, 1.82) is 0 Å². The molecule has 0 amide bonds. The average molecular weight is 273 g/mol. The average Bonchev–Trinajstić information content (AvgIpc) is 2.23. The van der Waals surface area contributed by atoms with Crippen LogP contribution in [0.15, 0.2) is 12.7 Å². The Balaban J connectivity index is 4.68. The summed E-state index contributed by atoms with van der Waals surface area (Å²) in [6.07, 6.45) is 1.49. The van der Waals surface area contributed by atoms with Gasteiger partial charge in [0.1, 0.15) is 0 Å². The van der Waals surface area contributed by atoms with E-state index in [2.05, 4.69) is 54.3 Å². The molecule has 18 heavy (non-hydrogen) atoms. The molecule has 0 aromatic carbocycles. The molecule has 0 aliphatic rings. The second kappa shape index (κ2) is 6.35. The molecule has 0 unspecified atom stereocenters. The van der Waals surface area contributed by atoms with Crippen molar-refractivity contribution in [2.45, 2.75) is 71.9 Å². The highest BCUT2D eigenvalue weighted by molar-refractivity contribution is 6.74. The first-order valence-corrected chi connectivity index (χ1v) is 9.83. The topological polar surface area (TPSA) is 29.5 Å². The SMILES string of the molecule is C=C[C@@H](C)[C@@H](O)[C@@H](C)[C@@H](C)O[Si](C)(C)C(C)(C)C. The highest BCUT2D eigenvalue weighted by atomic mass is 28.4. The van der Waals surface area contributed by atoms with Crippen molar-refractivity contribution in [2.75, 3.05) is 0 Å². The van der Waals surface area contributed by atoms with Crippen LogP contribution in [0.3, 0.4) is 0 Å². The van der Waals surface area contributed by atoms with Gasteiger partial charge in [0.2, 0.25) is 0 Å². The minimum atomic E-state index is -1.76. The Morgan fingerprint density at radius 2 is 1.61 bits per heavy atom. The molecular formula is C15H32O2Si. The smallest absolute Gasteiger partial charge is 0.192 e. The largest absolute Gasteiger partial charge is 0.414 e. The van der Waals surface area contributed by atoms with Gasteiger partial charge in [-0.25, -0.2) is 0 Å². The van der Waals surface area contributed by atoms with Crippen LogP contribution in [-0.4, -0.2) is 25.6 Å². The zero-order valence-corrected chi connectivity index (χ0v) is 14.4. The lowest BCUT2D eigenvalue weighted by molar-refractivity contribution is 0.0176. The van der Waals surface area contributed by atoms with Crippen molar-refractivity contribution in [2.24, 2.45) is 11.8 Å². The zero-order chi connectivity index (χ0) is 14.7. The van der Waals surface area contributed by atoms with Crippen molar-refractivity contribution in [3.8, 4) is 0 Å². The molecule has 4 atom stereocenters. The molecule has 2 nitrogen and oxygen atoms in total. The first kappa shape index (κ1) is 17.9. The number of aliphatic hydroxyl groups excluding tert-OH is 1. The van der Waals surface area contributed by atoms with Crippen molar-refractivity contribution < 1.29 is 9.53 Å². The second-order valence-electron chi connectivity index (χ2n) is 7.03. The zero-order valence-electron chi connectivity index (χ0n) is 13.4. The van der Waals surface area contributed by atoms with Crippen LogP contribution in [0, 0.1) is 11.8 Å². The minimum absolute atomic E-state index is 0.0725. The summed E-state index contributed by atoms with van der Waals surface area (Å²) in [5, 5.41) is 10.4. The molecule has 0 saturated carbocycles. The molecule has 1 N–H and O–H groups in total. The molecule has 0 fully saturated rings. The van der Waals surface area contributed by atoms with Crippen LogP contribution in [0.25, 0.3) is 0 Å². The Hall–Kier alpha value is -0.123. The van der Waals surface area contributed by atoms with E-state index < -0.39 is 8.32 Å². The molecule has 108 valence electrons. The van der Waals surface area contributed by atoms with E-state index in [4.69, 9.17) is 4.43 Å². The minimum Gasteiger partial charge on any atom is -0.414 e. The van der Waals surface area contributed by atoms with Crippen LogP contribution in [0.2, 0.25) is 18.1 Å². The van der Waals surface area contributed by atoms with Gasteiger partial charge >= 0.3 is 0 Å². The fourth-order valence-corrected chi connectivity index (χ4v) is 3.14. The van der Waals surface area contributed by atoms with Crippen LogP contribution in [0.5, 0.6) is 0 Å². The van der Waals surface area contributed by atoms with E-state index in [9.17, 15) is 5.11 Å². The van der Waals surface area contributed by atoms with Gasteiger partial charge in [0.15, 0.2) is 8.32 Å². The molecule has 0 bridgehead atoms. The second-order valence-corrected chi connectivity index (χ2v) is 11.8. The van der Waals surface area contributed by atoms with E-state index in [0.29, 0.717) is 0 Å². The highest BCUT2D eigenvalue weighted by Gasteiger charge is 2.40. The standard InChI is InChI=1S/C15H32O2Si/c1-10-11(2)14(16)12(3)13(4)17-18(8,9)15(5,6)7/h10-14,16H,1H2,2-9H3/t11-,12+,13-,14-/m1/s1. The number of hydrogen-bond acceptors (Lipinski definition) is 2. The van der Waals surface area contributed by atoms with Crippen molar-refractivity contribution >= 4 is 8.32 Å². The third kappa shape index (κ3) is 4.52. The quantitative estimate of drug-likeness (QED) is 0.579. The Morgan fingerprint density at radius 3 is 1.94 bits per heavy atom. The Kier molecular flexibility index (Phi) is 6.31. The predicted octanol–water partition coefficient (Wildman–Crippen LogP) is 4.22. The summed E-state index contributed by atoms with van der Waals surface area (Å²) in [5.74, 6) is 0.220. The van der Waals surface area contributed by atoms with Crippen molar-refractivity contribution in [3.63, 3.8) is 0 Å². The summed E-state index contributed by atoms with van der Waals surface area (Å²) in [4.78, 5) is 0. The Labute approximate surface area is 115 Å². The van der Waals surface area contributed by atoms with E-state index >= 15 is 0 Å². The molecule has 0 saturated heterocycles. The van der Waals surface area contributed by atoms with Gasteiger partial charge in [-0.3, -0.25) is 0 Å². The molecular weight excluding hydrogens is 240 g/mol. The summed E-state index contributed by atoms with van der Waals surface area (Å²) in [6, 6.07) is 0. The van der Waals surface area contributed by atoms with Gasteiger partial charge in [0.05, 0.1) is 6.10 Å². The lowest BCUT2D eigenvalue weighted by Crippen LogP contribution is -2.46. The third-order valence-corrected chi connectivity index (χ3v) is 9.05. The summed E-state index contributed by atoms with van der Waals surface area (Å²) in [6.45, 7) is 21.1. The number of hydrogen-bond donors (Lipinski definition) is 1. The lowest BCUT2D eigenvalue weighted by atomic mass is 9.90. The van der Waals surface area contributed by atoms with Crippen LogP contribution >= 0.6 is 0 Å². The molecule has 0 aliphatic carbocycles. The van der Waals surface area contributed by atoms with E-state index in [1.807, 2.05) is 6.92 Å². The lowest BCUT2D eigenvalue weighted by Gasteiger charge is -2.41. The van der Waals surface area contributed by atoms with Gasteiger partial charge in [0.25, 0.3) is 0 Å². The first-order chi connectivity index (χ1) is 7.94. The number of rotatable bonds is 6. The summed E-state index contributed by atoms with van der Waals surface area (Å²) < 4.78 is 6.32. The van der Waals surface area contributed by atoms with Gasteiger partial charge < -0.3 is 9.53 Å². The Bertz CT molecular complexity index is 268. The molecule has 0 heterocycles. The van der Waals surface area contributed by atoms with Gasteiger partial charge in [-0.05, 0) is 25.1 Å². The maximum absolute atomic E-state index is 10.2. The molecule has 0 spiro atoms. The molecule has 0 rings (SSSR count). The van der Waals surface area contributed by atoms with Gasteiger partial charge in [-0.1, -0.05) is 40.7 Å². The predicted molar refractivity (Wildman–Crippen MR) is 82.3 cm³/mol. The van der Waals surface area contributed by atoms with Crippen LogP contribution in [0.4, 0.5) is 0 Å². The van der Waals surface area contributed by atoms with E-state index in [0.717, 1.165) is 0 Å². The van der Waals surface area contributed by atoms with Gasteiger partial charge in [-0.15, -0.1) is 6.58 Å². The summed E-state index contributed by atoms with van der Waals surface area (Å²) in [7, 11) is -1.76. The highest BCUT2D eigenvalue weighted by Crippen LogP contribution is 2.38. The first-order valence-electron chi connectivity index (χ1n) is 6.92. The third-order valence-electron chi connectivity index (χ3n) is 4.48. The summed E-state index contributed by atoms with van der Waals surface area (Å²) >= 11 is 0. The van der Waals surface area contributed by atoms with Gasteiger partial charge in [-0.2, -0.15) is 0 Å². The maximum Gasteiger partial charge on any atom is 0.192 e. The number of aliphatic hydroxyl groups is 1. The van der Waals surface area contributed by atoms with Crippen LogP contribution in [-0.2, 0) is 4.43 Å². The molecule has 0 aliphatic heterocycles. The molecule has 0 aromatic rings. The van der Waals surface area contributed by atoms with E-state index in [1.54, 1.807) is 6.08 Å². The van der Waals surface area contributed by atoms with E-state index in [-0.39, 0.29) is 29.1 Å². The van der Waals surface area contributed by atoms with Crippen molar-refractivity contribution in [1.82, 2.24) is 0 Å². The summed E-state index contributed by atoms with van der Waals surface area (Å²) in [5.41, 5.74) is 0.